The van der Waals surface area contributed by atoms with Gasteiger partial charge in [-0.2, -0.15) is 0 Å². The summed E-state index contributed by atoms with van der Waals surface area (Å²) in [6.07, 6.45) is 0. The van der Waals surface area contributed by atoms with E-state index in [1.54, 1.807) is 37.3 Å². The number of aliphatic imine (C=N–C) groups is 1. The molecule has 1 heterocycles. The van der Waals surface area contributed by atoms with Crippen LogP contribution >= 0.6 is 24.0 Å². The van der Waals surface area contributed by atoms with E-state index in [0.717, 1.165) is 11.3 Å². The van der Waals surface area contributed by atoms with Crippen molar-refractivity contribution in [2.75, 3.05) is 27.2 Å². The van der Waals surface area contributed by atoms with Gasteiger partial charge in [0, 0.05) is 20.6 Å². The lowest BCUT2D eigenvalue weighted by Gasteiger charge is -2.22. The number of rotatable bonds is 8. The lowest BCUT2D eigenvalue weighted by Crippen LogP contribution is -2.44. The molecule has 0 aliphatic carbocycles. The number of aliphatic hydroxyl groups is 1. The van der Waals surface area contributed by atoms with Crippen LogP contribution in [0.15, 0.2) is 50.7 Å². The van der Waals surface area contributed by atoms with Crippen LogP contribution in [0.5, 0.6) is 0 Å². The molecule has 2 rings (SSSR count). The minimum Gasteiger partial charge on any atom is -0.463 e. The highest BCUT2D eigenvalue weighted by Gasteiger charge is 2.27. The van der Waals surface area contributed by atoms with Gasteiger partial charge in [-0.1, -0.05) is 12.1 Å². The monoisotopic (exact) mass is 550 g/mol. The predicted molar refractivity (Wildman–Crippen MR) is 129 cm³/mol. The van der Waals surface area contributed by atoms with Crippen molar-refractivity contribution in [1.82, 2.24) is 14.9 Å². The van der Waals surface area contributed by atoms with Crippen LogP contribution in [0.4, 0.5) is 0 Å². The highest BCUT2D eigenvalue weighted by Crippen LogP contribution is 2.22. The first-order valence-corrected chi connectivity index (χ1v) is 10.8. The summed E-state index contributed by atoms with van der Waals surface area (Å²) in [4.78, 5) is 4.75. The zero-order chi connectivity index (χ0) is 21.7. The molecule has 168 valence electrons. The van der Waals surface area contributed by atoms with Crippen molar-refractivity contribution in [2.45, 2.75) is 37.8 Å². The third-order valence-electron chi connectivity index (χ3n) is 4.34. The van der Waals surface area contributed by atoms with Gasteiger partial charge in [-0.15, -0.1) is 24.0 Å². The van der Waals surface area contributed by atoms with Gasteiger partial charge in [0.05, 0.1) is 18.0 Å². The van der Waals surface area contributed by atoms with Gasteiger partial charge in [-0.05, 0) is 50.6 Å². The van der Waals surface area contributed by atoms with Crippen molar-refractivity contribution in [1.29, 1.82) is 0 Å². The van der Waals surface area contributed by atoms with Crippen molar-refractivity contribution in [2.24, 2.45) is 4.99 Å². The summed E-state index contributed by atoms with van der Waals surface area (Å²) in [5.74, 6) is 1.76. The summed E-state index contributed by atoms with van der Waals surface area (Å²) in [5.41, 5.74) is -0.319. The maximum absolute atomic E-state index is 12.1. The van der Waals surface area contributed by atoms with Crippen LogP contribution in [-0.4, -0.2) is 51.0 Å². The summed E-state index contributed by atoms with van der Waals surface area (Å²) < 4.78 is 31.0. The number of nitrogens with one attached hydrogen (secondary N) is 2. The summed E-state index contributed by atoms with van der Waals surface area (Å²) in [5, 5.41) is 16.9. The van der Waals surface area contributed by atoms with Gasteiger partial charge in [0.2, 0.25) is 10.0 Å². The van der Waals surface area contributed by atoms with Gasteiger partial charge < -0.3 is 20.2 Å². The van der Waals surface area contributed by atoms with Crippen LogP contribution in [-0.2, 0) is 22.2 Å². The molecule has 0 spiro atoms. The molecule has 1 unspecified atom stereocenters. The third kappa shape index (κ3) is 6.96. The Labute approximate surface area is 195 Å². The SMILES string of the molecule is CCNC(=NCc1ccc(S(=O)(=O)N(C)C)cc1)NCC(C)(O)c1ccc(C)o1.I. The number of halogens is 1. The Morgan fingerprint density at radius 3 is 2.30 bits per heavy atom. The van der Waals surface area contributed by atoms with Crippen LogP contribution in [0.2, 0.25) is 0 Å². The lowest BCUT2D eigenvalue weighted by atomic mass is 10.0. The molecule has 0 saturated heterocycles. The van der Waals surface area contributed by atoms with E-state index in [1.165, 1.54) is 18.4 Å². The molecular formula is C20H31IN4O4S. The van der Waals surface area contributed by atoms with Crippen molar-refractivity contribution >= 4 is 40.0 Å². The first kappa shape index (κ1) is 26.4. The zero-order valence-corrected chi connectivity index (χ0v) is 21.1. The van der Waals surface area contributed by atoms with Gasteiger partial charge in [-0.25, -0.2) is 17.7 Å². The summed E-state index contributed by atoms with van der Waals surface area (Å²) in [7, 11) is -0.445. The van der Waals surface area contributed by atoms with Crippen molar-refractivity contribution in [3.63, 3.8) is 0 Å². The third-order valence-corrected chi connectivity index (χ3v) is 6.17. The maximum atomic E-state index is 12.1. The summed E-state index contributed by atoms with van der Waals surface area (Å²) >= 11 is 0. The fraction of sp³-hybridized carbons (Fsp3) is 0.450. The van der Waals surface area contributed by atoms with Crippen molar-refractivity contribution in [3.05, 3.63) is 53.5 Å². The van der Waals surface area contributed by atoms with E-state index >= 15 is 0 Å². The second kappa shape index (κ2) is 11.1. The van der Waals surface area contributed by atoms with Gasteiger partial charge in [0.25, 0.3) is 0 Å². The Morgan fingerprint density at radius 1 is 1.17 bits per heavy atom. The van der Waals surface area contributed by atoms with E-state index in [2.05, 4.69) is 15.6 Å². The molecule has 1 aromatic carbocycles. The van der Waals surface area contributed by atoms with E-state index in [4.69, 9.17) is 4.42 Å². The quantitative estimate of drug-likeness (QED) is 0.265. The second-order valence-electron chi connectivity index (χ2n) is 7.16. The van der Waals surface area contributed by atoms with E-state index < -0.39 is 15.6 Å². The first-order chi connectivity index (χ1) is 13.6. The Hall–Kier alpha value is -1.63. The Bertz CT molecular complexity index is 938. The van der Waals surface area contributed by atoms with Gasteiger partial charge in [0.1, 0.15) is 17.1 Å². The summed E-state index contributed by atoms with van der Waals surface area (Å²) in [6.45, 7) is 6.69. The van der Waals surface area contributed by atoms with E-state index in [9.17, 15) is 13.5 Å². The molecule has 30 heavy (non-hydrogen) atoms. The molecule has 10 heteroatoms. The lowest BCUT2D eigenvalue weighted by molar-refractivity contribution is 0.0378. The molecule has 0 amide bonds. The molecule has 0 aliphatic heterocycles. The fourth-order valence-electron chi connectivity index (χ4n) is 2.56. The number of guanidine groups is 1. The van der Waals surface area contributed by atoms with Gasteiger partial charge >= 0.3 is 0 Å². The molecule has 8 nitrogen and oxygen atoms in total. The molecule has 0 aliphatic rings. The van der Waals surface area contributed by atoms with E-state index in [-0.39, 0.29) is 35.4 Å². The average molecular weight is 550 g/mol. The van der Waals surface area contributed by atoms with Crippen LogP contribution in [0.3, 0.4) is 0 Å². The van der Waals surface area contributed by atoms with Crippen molar-refractivity contribution < 1.29 is 17.9 Å². The van der Waals surface area contributed by atoms with Crippen LogP contribution in [0.25, 0.3) is 0 Å². The van der Waals surface area contributed by atoms with E-state index in [0.29, 0.717) is 24.8 Å². The van der Waals surface area contributed by atoms with Gasteiger partial charge in [0.15, 0.2) is 5.96 Å². The minimum atomic E-state index is -3.45. The molecule has 0 bridgehead atoms. The van der Waals surface area contributed by atoms with Crippen LogP contribution in [0, 0.1) is 6.92 Å². The molecule has 3 N–H and O–H groups in total. The molecule has 1 atom stereocenters. The van der Waals surface area contributed by atoms with E-state index in [1.807, 2.05) is 19.9 Å². The smallest absolute Gasteiger partial charge is 0.242 e. The fourth-order valence-corrected chi connectivity index (χ4v) is 3.46. The number of sulfonamides is 1. The van der Waals surface area contributed by atoms with Crippen LogP contribution < -0.4 is 10.6 Å². The van der Waals surface area contributed by atoms with Crippen molar-refractivity contribution in [3.8, 4) is 0 Å². The topological polar surface area (TPSA) is 107 Å². The van der Waals surface area contributed by atoms with Crippen LogP contribution in [0.1, 0.15) is 30.9 Å². The molecule has 0 radical (unpaired) electrons. The number of hydrogen-bond acceptors (Lipinski definition) is 5. The zero-order valence-electron chi connectivity index (χ0n) is 18.0. The molecule has 0 fully saturated rings. The predicted octanol–water partition coefficient (Wildman–Crippen LogP) is 2.42. The Balaban J connectivity index is 0.00000450. The minimum absolute atomic E-state index is 0. The molecule has 0 saturated carbocycles. The molecule has 2 aromatic rings. The number of furan rings is 1. The first-order valence-electron chi connectivity index (χ1n) is 9.39. The average Bonchev–Trinajstić information content (AvgIpc) is 3.11. The number of aryl methyl sites for hydroxylation is 1. The highest BCUT2D eigenvalue weighted by molar-refractivity contribution is 14.0. The Kier molecular flexibility index (Phi) is 9.79. The number of benzene rings is 1. The summed E-state index contributed by atoms with van der Waals surface area (Å²) in [6, 6.07) is 10.2. The number of hydrogen-bond donors (Lipinski definition) is 3. The molecule has 1 aromatic heterocycles. The standard InChI is InChI=1S/C20H30N4O4S.HI/c1-6-21-19(23-14-20(3,25)18-12-7-15(2)28-18)22-13-16-8-10-17(11-9-16)29(26,27)24(4)5;/h7-12,25H,6,13-14H2,1-5H3,(H2,21,22,23);1H. The maximum Gasteiger partial charge on any atom is 0.242 e. The highest BCUT2D eigenvalue weighted by atomic mass is 127. The van der Waals surface area contributed by atoms with Gasteiger partial charge in [-0.3, -0.25) is 0 Å². The molecular weight excluding hydrogens is 519 g/mol. The Morgan fingerprint density at radius 2 is 1.80 bits per heavy atom. The normalized spacial score (nSPS) is 14.2. The second-order valence-corrected chi connectivity index (χ2v) is 9.32. The largest absolute Gasteiger partial charge is 0.463 e. The number of nitrogens with zero attached hydrogens (tertiary/aromatic N) is 2.